The number of nitrogens with one attached hydrogen (secondary N) is 2. The molecule has 2 unspecified atom stereocenters. The predicted octanol–water partition coefficient (Wildman–Crippen LogP) is 2.64. The van der Waals surface area contributed by atoms with E-state index in [1.165, 1.54) is 0 Å². The van der Waals surface area contributed by atoms with E-state index < -0.39 is 17.7 Å². The van der Waals surface area contributed by atoms with Crippen LogP contribution in [0.3, 0.4) is 0 Å². The highest BCUT2D eigenvalue weighted by Crippen LogP contribution is 2.24. The van der Waals surface area contributed by atoms with E-state index in [9.17, 15) is 18.7 Å². The molecule has 4 nitrogen and oxygen atoms in total. The average Bonchev–Trinajstić information content (AvgIpc) is 2.37. The van der Waals surface area contributed by atoms with Crippen LogP contribution in [0.1, 0.15) is 25.7 Å². The molecule has 0 saturated heterocycles. The van der Waals surface area contributed by atoms with Crippen molar-refractivity contribution >= 4 is 11.7 Å². The number of amides is 2. The standard InChI is InChI=1S/C14H18F2N2O2/c15-10-5-11(16)7-12(6-10)17-14(20)18-13-4-2-1-3-9(13)8-19/h5-7,9,13,19H,1-4,8H2,(H2,17,18,20). The maximum atomic E-state index is 13.0. The van der Waals surface area contributed by atoms with Crippen LogP contribution < -0.4 is 10.6 Å². The van der Waals surface area contributed by atoms with Crippen molar-refractivity contribution in [3.8, 4) is 0 Å². The number of aliphatic hydroxyl groups is 1. The first-order valence-corrected chi connectivity index (χ1v) is 6.73. The second-order valence-corrected chi connectivity index (χ2v) is 5.09. The summed E-state index contributed by atoms with van der Waals surface area (Å²) in [7, 11) is 0. The van der Waals surface area contributed by atoms with Gasteiger partial charge in [0.25, 0.3) is 0 Å². The highest BCUT2D eigenvalue weighted by molar-refractivity contribution is 5.89. The van der Waals surface area contributed by atoms with Crippen molar-refractivity contribution in [2.75, 3.05) is 11.9 Å². The van der Waals surface area contributed by atoms with Crippen LogP contribution in [-0.2, 0) is 0 Å². The Kier molecular flexibility index (Phi) is 4.89. The normalized spacial score (nSPS) is 22.4. The van der Waals surface area contributed by atoms with Gasteiger partial charge in [-0.2, -0.15) is 0 Å². The molecule has 20 heavy (non-hydrogen) atoms. The van der Waals surface area contributed by atoms with Gasteiger partial charge in [-0.25, -0.2) is 13.6 Å². The molecule has 6 heteroatoms. The fourth-order valence-corrected chi connectivity index (χ4v) is 2.58. The Hall–Kier alpha value is -1.69. The topological polar surface area (TPSA) is 61.4 Å². The maximum absolute atomic E-state index is 13.0. The Balaban J connectivity index is 1.94. The number of benzene rings is 1. The Morgan fingerprint density at radius 3 is 2.50 bits per heavy atom. The summed E-state index contributed by atoms with van der Waals surface area (Å²) in [5.41, 5.74) is 0.0661. The Morgan fingerprint density at radius 1 is 1.20 bits per heavy atom. The lowest BCUT2D eigenvalue weighted by molar-refractivity contribution is 0.156. The summed E-state index contributed by atoms with van der Waals surface area (Å²) in [6.07, 6.45) is 3.71. The summed E-state index contributed by atoms with van der Waals surface area (Å²) in [5, 5.41) is 14.4. The molecule has 1 aliphatic carbocycles. The SMILES string of the molecule is O=C(Nc1cc(F)cc(F)c1)NC1CCCCC1CO. The summed E-state index contributed by atoms with van der Waals surface area (Å²) in [5.74, 6) is -1.45. The van der Waals surface area contributed by atoms with E-state index >= 15 is 0 Å². The molecule has 110 valence electrons. The van der Waals surface area contributed by atoms with Crippen LogP contribution in [0.4, 0.5) is 19.3 Å². The first-order chi connectivity index (χ1) is 9.58. The highest BCUT2D eigenvalue weighted by atomic mass is 19.1. The van der Waals surface area contributed by atoms with Crippen LogP contribution in [0.15, 0.2) is 18.2 Å². The van der Waals surface area contributed by atoms with Gasteiger partial charge in [-0.15, -0.1) is 0 Å². The molecule has 2 rings (SSSR count). The van der Waals surface area contributed by atoms with E-state index in [0.717, 1.165) is 43.9 Å². The van der Waals surface area contributed by atoms with Crippen LogP contribution in [0.5, 0.6) is 0 Å². The van der Waals surface area contributed by atoms with Crippen molar-refractivity contribution in [1.82, 2.24) is 5.32 Å². The third-order valence-electron chi connectivity index (χ3n) is 3.58. The quantitative estimate of drug-likeness (QED) is 0.799. The lowest BCUT2D eigenvalue weighted by atomic mass is 9.85. The first kappa shape index (κ1) is 14.7. The molecule has 0 spiro atoms. The molecule has 0 aromatic heterocycles. The zero-order valence-corrected chi connectivity index (χ0v) is 11.0. The summed E-state index contributed by atoms with van der Waals surface area (Å²) in [6, 6.07) is 2.22. The van der Waals surface area contributed by atoms with Crippen molar-refractivity contribution in [2.24, 2.45) is 5.92 Å². The Morgan fingerprint density at radius 2 is 1.85 bits per heavy atom. The van der Waals surface area contributed by atoms with Gasteiger partial charge in [-0.05, 0) is 25.0 Å². The molecule has 0 aliphatic heterocycles. The van der Waals surface area contributed by atoms with Crippen molar-refractivity contribution in [3.63, 3.8) is 0 Å². The number of hydrogen-bond acceptors (Lipinski definition) is 2. The molecule has 1 fully saturated rings. The van der Waals surface area contributed by atoms with Gasteiger partial charge in [0, 0.05) is 30.3 Å². The van der Waals surface area contributed by atoms with Crippen molar-refractivity contribution in [3.05, 3.63) is 29.8 Å². The molecule has 3 N–H and O–H groups in total. The second-order valence-electron chi connectivity index (χ2n) is 5.09. The summed E-state index contributed by atoms with van der Waals surface area (Å²) >= 11 is 0. The van der Waals surface area contributed by atoms with E-state index in [4.69, 9.17) is 0 Å². The molecule has 0 heterocycles. The van der Waals surface area contributed by atoms with E-state index in [1.54, 1.807) is 0 Å². The minimum atomic E-state index is -0.744. The fraction of sp³-hybridized carbons (Fsp3) is 0.500. The molecule has 1 saturated carbocycles. The van der Waals surface area contributed by atoms with Gasteiger partial charge in [-0.1, -0.05) is 12.8 Å². The van der Waals surface area contributed by atoms with Gasteiger partial charge in [0.15, 0.2) is 0 Å². The van der Waals surface area contributed by atoms with Gasteiger partial charge in [0.2, 0.25) is 0 Å². The van der Waals surface area contributed by atoms with Gasteiger partial charge in [-0.3, -0.25) is 0 Å². The van der Waals surface area contributed by atoms with Crippen molar-refractivity contribution in [1.29, 1.82) is 0 Å². The molecule has 1 aromatic rings. The van der Waals surface area contributed by atoms with Crippen LogP contribution in [0, 0.1) is 17.6 Å². The van der Waals surface area contributed by atoms with Crippen LogP contribution >= 0.6 is 0 Å². The number of hydrogen-bond donors (Lipinski definition) is 3. The molecule has 2 atom stereocenters. The number of urea groups is 1. The minimum Gasteiger partial charge on any atom is -0.396 e. The van der Waals surface area contributed by atoms with E-state index in [2.05, 4.69) is 10.6 Å². The summed E-state index contributed by atoms with van der Waals surface area (Å²) in [6.45, 7) is 0.0273. The summed E-state index contributed by atoms with van der Waals surface area (Å²) in [4.78, 5) is 11.8. The third kappa shape index (κ3) is 3.90. The number of carbonyl (C=O) groups is 1. The van der Waals surface area contributed by atoms with Crippen molar-refractivity contribution in [2.45, 2.75) is 31.7 Å². The number of rotatable bonds is 3. The number of aliphatic hydroxyl groups excluding tert-OH is 1. The smallest absolute Gasteiger partial charge is 0.319 e. The average molecular weight is 284 g/mol. The number of anilines is 1. The first-order valence-electron chi connectivity index (χ1n) is 6.73. The molecule has 0 bridgehead atoms. The highest BCUT2D eigenvalue weighted by Gasteiger charge is 2.25. The molecule has 1 aliphatic rings. The predicted molar refractivity (Wildman–Crippen MR) is 71.3 cm³/mol. The van der Waals surface area contributed by atoms with Crippen LogP contribution in [0.25, 0.3) is 0 Å². The zero-order chi connectivity index (χ0) is 14.5. The Labute approximate surface area is 116 Å². The van der Waals surface area contributed by atoms with E-state index in [-0.39, 0.29) is 24.3 Å². The molecule has 0 radical (unpaired) electrons. The summed E-state index contributed by atoms with van der Waals surface area (Å²) < 4.78 is 26.0. The van der Waals surface area contributed by atoms with Crippen molar-refractivity contribution < 1.29 is 18.7 Å². The molecule has 2 amide bonds. The van der Waals surface area contributed by atoms with Gasteiger partial charge < -0.3 is 15.7 Å². The van der Waals surface area contributed by atoms with Gasteiger partial charge in [0.1, 0.15) is 11.6 Å². The van der Waals surface area contributed by atoms with Gasteiger partial charge in [0.05, 0.1) is 0 Å². The number of halogens is 2. The van der Waals surface area contributed by atoms with E-state index in [0.29, 0.717) is 0 Å². The zero-order valence-electron chi connectivity index (χ0n) is 11.0. The van der Waals surface area contributed by atoms with Gasteiger partial charge >= 0.3 is 6.03 Å². The number of carbonyl (C=O) groups excluding carboxylic acids is 1. The fourth-order valence-electron chi connectivity index (χ4n) is 2.58. The monoisotopic (exact) mass is 284 g/mol. The lowest BCUT2D eigenvalue weighted by Crippen LogP contribution is -2.45. The molecule has 1 aromatic carbocycles. The van der Waals surface area contributed by atoms with E-state index in [1.807, 2.05) is 0 Å². The molecular formula is C14H18F2N2O2. The minimum absolute atomic E-state index is 0.0273. The maximum Gasteiger partial charge on any atom is 0.319 e. The van der Waals surface area contributed by atoms with Crippen LogP contribution in [-0.4, -0.2) is 23.8 Å². The third-order valence-corrected chi connectivity index (χ3v) is 3.58. The Bertz CT molecular complexity index is 462. The lowest BCUT2D eigenvalue weighted by Gasteiger charge is -2.30. The van der Waals surface area contributed by atoms with Crippen LogP contribution in [0.2, 0.25) is 0 Å². The largest absolute Gasteiger partial charge is 0.396 e. The molecular weight excluding hydrogens is 266 g/mol. The second kappa shape index (κ2) is 6.65.